The van der Waals surface area contributed by atoms with E-state index in [1.807, 2.05) is 0 Å². The number of nitrogens with one attached hydrogen (secondary N) is 1. The molecular formula is C12H19N3O2. The van der Waals surface area contributed by atoms with Crippen molar-refractivity contribution in [1.82, 2.24) is 15.1 Å². The summed E-state index contributed by atoms with van der Waals surface area (Å²) in [6.07, 6.45) is 9.25. The zero-order chi connectivity index (χ0) is 12.1. The van der Waals surface area contributed by atoms with E-state index in [0.717, 1.165) is 12.8 Å². The standard InChI is InChI=1S/C12H19N3O2/c16-11-8-13-15(9-11)7-6-12(17)14-10-4-2-1-3-5-10/h8-10,16H,1-7H2,(H,14,17). The summed E-state index contributed by atoms with van der Waals surface area (Å²) < 4.78 is 1.58. The molecule has 0 aliphatic heterocycles. The van der Waals surface area contributed by atoms with Crippen LogP contribution in [0, 0.1) is 0 Å². The molecule has 1 saturated carbocycles. The number of rotatable bonds is 4. The largest absolute Gasteiger partial charge is 0.505 e. The van der Waals surface area contributed by atoms with Crippen LogP contribution in [0.5, 0.6) is 5.75 Å². The number of aromatic hydroxyl groups is 1. The van der Waals surface area contributed by atoms with Gasteiger partial charge in [0.25, 0.3) is 0 Å². The molecule has 0 radical (unpaired) electrons. The second-order valence-electron chi connectivity index (χ2n) is 4.61. The van der Waals surface area contributed by atoms with E-state index in [0.29, 0.717) is 19.0 Å². The molecule has 94 valence electrons. The van der Waals surface area contributed by atoms with Gasteiger partial charge in [0.1, 0.15) is 0 Å². The van der Waals surface area contributed by atoms with Gasteiger partial charge in [-0.2, -0.15) is 5.10 Å². The zero-order valence-corrected chi connectivity index (χ0v) is 9.93. The lowest BCUT2D eigenvalue weighted by atomic mass is 9.95. The van der Waals surface area contributed by atoms with Gasteiger partial charge in [0, 0.05) is 19.0 Å². The topological polar surface area (TPSA) is 67.2 Å². The summed E-state index contributed by atoms with van der Waals surface area (Å²) in [5, 5.41) is 16.1. The van der Waals surface area contributed by atoms with Crippen molar-refractivity contribution in [3.8, 4) is 5.75 Å². The van der Waals surface area contributed by atoms with Gasteiger partial charge >= 0.3 is 0 Å². The summed E-state index contributed by atoms with van der Waals surface area (Å²) in [4.78, 5) is 11.7. The van der Waals surface area contributed by atoms with Crippen LogP contribution in [-0.4, -0.2) is 26.8 Å². The Hall–Kier alpha value is -1.52. The minimum atomic E-state index is 0.0758. The van der Waals surface area contributed by atoms with Crippen LogP contribution in [0.4, 0.5) is 0 Å². The molecule has 0 unspecified atom stereocenters. The first-order valence-electron chi connectivity index (χ1n) is 6.25. The third kappa shape index (κ3) is 3.76. The molecule has 0 spiro atoms. The lowest BCUT2D eigenvalue weighted by Gasteiger charge is -2.22. The third-order valence-corrected chi connectivity index (χ3v) is 3.16. The van der Waals surface area contributed by atoms with Gasteiger partial charge in [0.05, 0.1) is 12.4 Å². The predicted octanol–water partition coefficient (Wildman–Crippen LogP) is 1.43. The first-order chi connectivity index (χ1) is 8.24. The molecule has 1 heterocycles. The summed E-state index contributed by atoms with van der Waals surface area (Å²) in [5.74, 6) is 0.213. The van der Waals surface area contributed by atoms with Crippen LogP contribution in [0.1, 0.15) is 38.5 Å². The van der Waals surface area contributed by atoms with Crippen LogP contribution in [0.2, 0.25) is 0 Å². The van der Waals surface area contributed by atoms with Crippen molar-refractivity contribution in [1.29, 1.82) is 0 Å². The second kappa shape index (κ2) is 5.70. The van der Waals surface area contributed by atoms with Gasteiger partial charge in [-0.05, 0) is 12.8 Å². The highest BCUT2D eigenvalue weighted by Gasteiger charge is 2.15. The average molecular weight is 237 g/mol. The Morgan fingerprint density at radius 3 is 2.88 bits per heavy atom. The molecule has 2 N–H and O–H groups in total. The van der Waals surface area contributed by atoms with Crippen molar-refractivity contribution >= 4 is 5.91 Å². The van der Waals surface area contributed by atoms with Crippen LogP contribution < -0.4 is 5.32 Å². The third-order valence-electron chi connectivity index (χ3n) is 3.16. The summed E-state index contributed by atoms with van der Waals surface area (Å²) in [6, 6.07) is 0.363. The van der Waals surface area contributed by atoms with Crippen molar-refractivity contribution < 1.29 is 9.90 Å². The van der Waals surface area contributed by atoms with Gasteiger partial charge in [-0.3, -0.25) is 9.48 Å². The van der Waals surface area contributed by atoms with Gasteiger partial charge in [-0.1, -0.05) is 19.3 Å². The molecule has 1 aromatic heterocycles. The van der Waals surface area contributed by atoms with Crippen molar-refractivity contribution in [2.24, 2.45) is 0 Å². The van der Waals surface area contributed by atoms with Gasteiger partial charge < -0.3 is 10.4 Å². The highest BCUT2D eigenvalue weighted by molar-refractivity contribution is 5.76. The molecule has 1 aliphatic carbocycles. The van der Waals surface area contributed by atoms with E-state index >= 15 is 0 Å². The molecular weight excluding hydrogens is 218 g/mol. The molecule has 0 saturated heterocycles. The van der Waals surface area contributed by atoms with E-state index in [9.17, 15) is 4.79 Å². The van der Waals surface area contributed by atoms with E-state index in [1.54, 1.807) is 4.68 Å². The Morgan fingerprint density at radius 1 is 1.47 bits per heavy atom. The van der Waals surface area contributed by atoms with Crippen LogP contribution in [0.3, 0.4) is 0 Å². The number of amides is 1. The van der Waals surface area contributed by atoms with Crippen molar-refractivity contribution in [2.75, 3.05) is 0 Å². The maximum absolute atomic E-state index is 11.7. The van der Waals surface area contributed by atoms with E-state index < -0.39 is 0 Å². The molecule has 0 bridgehead atoms. The minimum Gasteiger partial charge on any atom is -0.505 e. The van der Waals surface area contributed by atoms with Gasteiger partial charge in [0.2, 0.25) is 5.91 Å². The molecule has 2 rings (SSSR count). The summed E-state index contributed by atoms with van der Waals surface area (Å²) in [6.45, 7) is 0.513. The monoisotopic (exact) mass is 237 g/mol. The molecule has 0 aromatic carbocycles. The number of hydrogen-bond donors (Lipinski definition) is 2. The summed E-state index contributed by atoms with van der Waals surface area (Å²) in [7, 11) is 0. The fourth-order valence-corrected chi connectivity index (χ4v) is 2.24. The van der Waals surface area contributed by atoms with Crippen molar-refractivity contribution in [2.45, 2.75) is 51.1 Å². The molecule has 5 heteroatoms. The van der Waals surface area contributed by atoms with Crippen molar-refractivity contribution in [3.63, 3.8) is 0 Å². The highest BCUT2D eigenvalue weighted by Crippen LogP contribution is 2.17. The first kappa shape index (κ1) is 12.0. The lowest BCUT2D eigenvalue weighted by Crippen LogP contribution is -2.36. The second-order valence-corrected chi connectivity index (χ2v) is 4.61. The minimum absolute atomic E-state index is 0.0758. The van der Waals surface area contributed by atoms with E-state index in [4.69, 9.17) is 5.11 Å². The number of aryl methyl sites for hydroxylation is 1. The highest BCUT2D eigenvalue weighted by atomic mass is 16.3. The number of nitrogens with zero attached hydrogens (tertiary/aromatic N) is 2. The number of aromatic nitrogens is 2. The molecule has 1 amide bonds. The molecule has 0 atom stereocenters. The van der Waals surface area contributed by atoms with Gasteiger partial charge in [0.15, 0.2) is 5.75 Å². The van der Waals surface area contributed by atoms with Gasteiger partial charge in [-0.25, -0.2) is 0 Å². The van der Waals surface area contributed by atoms with Crippen molar-refractivity contribution in [3.05, 3.63) is 12.4 Å². The Morgan fingerprint density at radius 2 is 2.24 bits per heavy atom. The van der Waals surface area contributed by atoms with Crippen LogP contribution >= 0.6 is 0 Å². The molecule has 1 fully saturated rings. The smallest absolute Gasteiger partial charge is 0.222 e. The average Bonchev–Trinajstić information content (AvgIpc) is 2.74. The summed E-state index contributed by atoms with van der Waals surface area (Å²) in [5.41, 5.74) is 0. The van der Waals surface area contributed by atoms with E-state index in [-0.39, 0.29) is 11.7 Å². The summed E-state index contributed by atoms with van der Waals surface area (Å²) >= 11 is 0. The quantitative estimate of drug-likeness (QED) is 0.832. The fourth-order valence-electron chi connectivity index (χ4n) is 2.24. The molecule has 17 heavy (non-hydrogen) atoms. The van der Waals surface area contributed by atoms with E-state index in [1.165, 1.54) is 31.7 Å². The number of carbonyl (C=O) groups is 1. The normalized spacial score (nSPS) is 16.9. The molecule has 5 nitrogen and oxygen atoms in total. The zero-order valence-electron chi connectivity index (χ0n) is 9.93. The number of hydrogen-bond acceptors (Lipinski definition) is 3. The Labute approximate surface area is 101 Å². The Bertz CT molecular complexity index is 370. The molecule has 1 aromatic rings. The Kier molecular flexibility index (Phi) is 4.01. The van der Waals surface area contributed by atoms with Gasteiger partial charge in [-0.15, -0.1) is 0 Å². The van der Waals surface area contributed by atoms with E-state index in [2.05, 4.69) is 10.4 Å². The number of carbonyl (C=O) groups excluding carboxylic acids is 1. The van der Waals surface area contributed by atoms with Crippen LogP contribution in [0.15, 0.2) is 12.4 Å². The fraction of sp³-hybridized carbons (Fsp3) is 0.667. The first-order valence-corrected chi connectivity index (χ1v) is 6.25. The predicted molar refractivity (Wildman–Crippen MR) is 63.5 cm³/mol. The maximum Gasteiger partial charge on any atom is 0.222 e. The maximum atomic E-state index is 11.7. The van der Waals surface area contributed by atoms with Crippen LogP contribution in [0.25, 0.3) is 0 Å². The SMILES string of the molecule is O=C(CCn1cc(O)cn1)NC1CCCCC1. The lowest BCUT2D eigenvalue weighted by molar-refractivity contribution is -0.122. The van der Waals surface area contributed by atoms with Crippen LogP contribution in [-0.2, 0) is 11.3 Å². The molecule has 1 aliphatic rings. The Balaban J connectivity index is 1.70.